The Morgan fingerprint density at radius 2 is 1.85 bits per heavy atom. The average molecular weight is 350 g/mol. The van der Waals surface area contributed by atoms with E-state index in [-0.39, 0.29) is 28.4 Å². The van der Waals surface area contributed by atoms with Crippen LogP contribution in [0.3, 0.4) is 0 Å². The predicted molar refractivity (Wildman–Crippen MR) is 92.0 cm³/mol. The molecular weight excluding hydrogens is 338 g/mol. The van der Waals surface area contributed by atoms with Crippen LogP contribution < -0.4 is 0 Å². The number of halogens is 2. The van der Waals surface area contributed by atoms with Gasteiger partial charge in [0.2, 0.25) is 0 Å². The minimum absolute atomic E-state index is 0.0537. The quantitative estimate of drug-likeness (QED) is 0.722. The summed E-state index contributed by atoms with van der Waals surface area (Å²) in [5.41, 5.74) is 1.67. The van der Waals surface area contributed by atoms with Gasteiger partial charge in [-0.15, -0.1) is 0 Å². The molecule has 0 aliphatic carbocycles. The highest BCUT2D eigenvalue weighted by Crippen LogP contribution is 2.31. The molecule has 0 amide bonds. The number of nitriles is 1. The topological polar surface area (TPSA) is 82.2 Å². The van der Waals surface area contributed by atoms with E-state index in [0.29, 0.717) is 5.56 Å². The number of rotatable bonds is 3. The molecule has 26 heavy (non-hydrogen) atoms. The van der Waals surface area contributed by atoms with Crippen LogP contribution in [0.15, 0.2) is 53.8 Å². The average Bonchev–Trinajstić information content (AvgIpc) is 2.63. The molecule has 3 aromatic rings. The minimum Gasteiger partial charge on any atom is -0.505 e. The van der Waals surface area contributed by atoms with E-state index in [2.05, 4.69) is 15.0 Å². The molecule has 0 saturated carbocycles. The van der Waals surface area contributed by atoms with Crippen LogP contribution >= 0.6 is 0 Å². The lowest BCUT2D eigenvalue weighted by Gasteiger charge is -2.08. The molecule has 0 unspecified atom stereocenters. The van der Waals surface area contributed by atoms with Gasteiger partial charge in [0.15, 0.2) is 23.1 Å². The van der Waals surface area contributed by atoms with Crippen LogP contribution in [0, 0.1) is 29.9 Å². The Balaban J connectivity index is 2.10. The van der Waals surface area contributed by atoms with Crippen molar-refractivity contribution in [2.75, 3.05) is 0 Å². The Bertz CT molecular complexity index is 1060. The van der Waals surface area contributed by atoms with Crippen LogP contribution in [-0.4, -0.2) is 20.8 Å². The lowest BCUT2D eigenvalue weighted by molar-refractivity contribution is 0.474. The first-order valence-corrected chi connectivity index (χ1v) is 7.55. The van der Waals surface area contributed by atoms with Crippen LogP contribution in [-0.2, 0) is 0 Å². The van der Waals surface area contributed by atoms with Crippen molar-refractivity contribution in [1.82, 2.24) is 9.97 Å². The van der Waals surface area contributed by atoms with Gasteiger partial charge < -0.3 is 5.11 Å². The fourth-order valence-corrected chi connectivity index (χ4v) is 2.38. The molecule has 3 rings (SSSR count). The summed E-state index contributed by atoms with van der Waals surface area (Å²) in [6, 6.07) is 9.74. The number of nitrogens with zero attached hydrogens (tertiary/aromatic N) is 4. The third kappa shape index (κ3) is 3.39. The highest BCUT2D eigenvalue weighted by atomic mass is 19.2. The van der Waals surface area contributed by atoms with Crippen LogP contribution in [0.2, 0.25) is 0 Å². The van der Waals surface area contributed by atoms with E-state index < -0.39 is 11.6 Å². The third-order valence-electron chi connectivity index (χ3n) is 3.60. The van der Waals surface area contributed by atoms with Crippen molar-refractivity contribution in [3.8, 4) is 23.1 Å². The van der Waals surface area contributed by atoms with Gasteiger partial charge in [0.05, 0.1) is 11.3 Å². The van der Waals surface area contributed by atoms with Gasteiger partial charge in [0, 0.05) is 29.7 Å². The number of aromatic hydroxyl groups is 1. The number of aliphatic imine (C=N–C) groups is 1. The molecule has 0 bridgehead atoms. The predicted octanol–water partition coefficient (Wildman–Crippen LogP) is 4.08. The van der Waals surface area contributed by atoms with E-state index in [1.807, 2.05) is 6.07 Å². The first kappa shape index (κ1) is 17.2. The van der Waals surface area contributed by atoms with E-state index >= 15 is 0 Å². The molecular formula is C19H12F2N4O. The minimum atomic E-state index is -1.07. The molecule has 2 aromatic heterocycles. The van der Waals surface area contributed by atoms with E-state index in [9.17, 15) is 19.1 Å². The first-order valence-electron chi connectivity index (χ1n) is 7.55. The van der Waals surface area contributed by atoms with Crippen molar-refractivity contribution in [3.63, 3.8) is 0 Å². The maximum Gasteiger partial charge on any atom is 0.160 e. The molecule has 2 heterocycles. The highest BCUT2D eigenvalue weighted by molar-refractivity contribution is 6.15. The smallest absolute Gasteiger partial charge is 0.160 e. The SMILES string of the molecule is Cc1cc(-c2nccc(/C(C#N)=N/c3ccc(F)c(F)c3)c2O)ccn1. The van der Waals surface area contributed by atoms with Gasteiger partial charge in [-0.1, -0.05) is 0 Å². The van der Waals surface area contributed by atoms with Crippen molar-refractivity contribution >= 4 is 11.4 Å². The maximum atomic E-state index is 13.3. The molecule has 0 aliphatic heterocycles. The normalized spacial score (nSPS) is 11.2. The number of pyridine rings is 2. The lowest BCUT2D eigenvalue weighted by atomic mass is 10.1. The van der Waals surface area contributed by atoms with Crippen molar-refractivity contribution in [3.05, 3.63) is 71.7 Å². The van der Waals surface area contributed by atoms with Crippen molar-refractivity contribution < 1.29 is 13.9 Å². The van der Waals surface area contributed by atoms with Crippen LogP contribution in [0.25, 0.3) is 11.3 Å². The monoisotopic (exact) mass is 350 g/mol. The summed E-state index contributed by atoms with van der Waals surface area (Å²) >= 11 is 0. The molecule has 0 aliphatic rings. The Morgan fingerprint density at radius 3 is 2.54 bits per heavy atom. The first-order chi connectivity index (χ1) is 12.5. The standard InChI is InChI=1S/C19H12F2N4O/c1-11-8-12(4-6-23-11)18-19(26)14(5-7-24-18)17(10-22)25-13-2-3-15(20)16(21)9-13/h2-9,26H,1H3/b25-17+. The van der Waals surface area contributed by atoms with Crippen LogP contribution in [0.5, 0.6) is 5.75 Å². The maximum absolute atomic E-state index is 13.3. The largest absolute Gasteiger partial charge is 0.505 e. The molecule has 1 N–H and O–H groups in total. The summed E-state index contributed by atoms with van der Waals surface area (Å²) in [5, 5.41) is 20.0. The Labute approximate surface area is 147 Å². The van der Waals surface area contributed by atoms with Crippen LogP contribution in [0.4, 0.5) is 14.5 Å². The zero-order chi connectivity index (χ0) is 18.7. The molecule has 0 fully saturated rings. The van der Waals surface area contributed by atoms with Gasteiger partial charge in [-0.2, -0.15) is 5.26 Å². The van der Waals surface area contributed by atoms with Gasteiger partial charge in [0.25, 0.3) is 0 Å². The third-order valence-corrected chi connectivity index (χ3v) is 3.60. The fourth-order valence-electron chi connectivity index (χ4n) is 2.38. The number of hydrogen-bond acceptors (Lipinski definition) is 5. The number of hydrogen-bond donors (Lipinski definition) is 1. The number of aromatic nitrogens is 2. The molecule has 0 radical (unpaired) electrons. The molecule has 5 nitrogen and oxygen atoms in total. The van der Waals surface area contributed by atoms with Crippen molar-refractivity contribution in [1.29, 1.82) is 5.26 Å². The fraction of sp³-hybridized carbons (Fsp3) is 0.0526. The van der Waals surface area contributed by atoms with Gasteiger partial charge in [-0.3, -0.25) is 9.97 Å². The van der Waals surface area contributed by atoms with E-state index in [4.69, 9.17) is 0 Å². The summed E-state index contributed by atoms with van der Waals surface area (Å²) < 4.78 is 26.4. The molecule has 7 heteroatoms. The summed E-state index contributed by atoms with van der Waals surface area (Å²) in [6.07, 6.45) is 3.01. The Kier molecular flexibility index (Phi) is 4.67. The van der Waals surface area contributed by atoms with Gasteiger partial charge in [-0.25, -0.2) is 13.8 Å². The second kappa shape index (κ2) is 7.07. The summed E-state index contributed by atoms with van der Waals surface area (Å²) in [4.78, 5) is 12.2. The van der Waals surface area contributed by atoms with Crippen LogP contribution in [0.1, 0.15) is 11.3 Å². The molecule has 0 spiro atoms. The second-order valence-electron chi connectivity index (χ2n) is 5.41. The summed E-state index contributed by atoms with van der Waals surface area (Å²) in [5.74, 6) is -2.32. The number of aryl methyl sites for hydroxylation is 1. The summed E-state index contributed by atoms with van der Waals surface area (Å²) in [7, 11) is 0. The Morgan fingerprint density at radius 1 is 1.08 bits per heavy atom. The van der Waals surface area contributed by atoms with E-state index in [0.717, 1.165) is 17.8 Å². The molecule has 0 atom stereocenters. The molecule has 0 saturated heterocycles. The molecule has 128 valence electrons. The highest BCUT2D eigenvalue weighted by Gasteiger charge is 2.16. The lowest BCUT2D eigenvalue weighted by Crippen LogP contribution is -2.00. The van der Waals surface area contributed by atoms with Gasteiger partial charge in [-0.05, 0) is 37.3 Å². The van der Waals surface area contributed by atoms with Gasteiger partial charge >= 0.3 is 0 Å². The molecule has 1 aromatic carbocycles. The summed E-state index contributed by atoms with van der Waals surface area (Å²) in [6.45, 7) is 1.80. The van der Waals surface area contributed by atoms with Crippen molar-refractivity contribution in [2.24, 2.45) is 4.99 Å². The Hall–Kier alpha value is -3.66. The second-order valence-corrected chi connectivity index (χ2v) is 5.41. The van der Waals surface area contributed by atoms with Gasteiger partial charge in [0.1, 0.15) is 11.8 Å². The number of benzene rings is 1. The van der Waals surface area contributed by atoms with E-state index in [1.54, 1.807) is 25.3 Å². The zero-order valence-electron chi connectivity index (χ0n) is 13.6. The van der Waals surface area contributed by atoms with Crippen molar-refractivity contribution in [2.45, 2.75) is 6.92 Å². The zero-order valence-corrected chi connectivity index (χ0v) is 13.6. The van der Waals surface area contributed by atoms with E-state index in [1.165, 1.54) is 18.3 Å².